The number of benzene rings is 6. The summed E-state index contributed by atoms with van der Waals surface area (Å²) in [6, 6.07) is 42.8. The second-order valence-electron chi connectivity index (χ2n) is 12.3. The molecule has 8 heteroatoms. The number of carbonyl (C=O) groups is 2. The van der Waals surface area contributed by atoms with Gasteiger partial charge in [0.1, 0.15) is 30.7 Å². The second kappa shape index (κ2) is 22.4. The third-order valence-electron chi connectivity index (χ3n) is 8.64. The zero-order valence-electron chi connectivity index (χ0n) is 30.4. The number of carbonyl (C=O) groups excluding carboxylic acids is 2. The van der Waals surface area contributed by atoms with E-state index in [9.17, 15) is 14.7 Å². The number of aromatic hydroxyl groups is 1. The van der Waals surface area contributed by atoms with E-state index in [0.29, 0.717) is 22.2 Å². The van der Waals surface area contributed by atoms with Crippen LogP contribution in [-0.2, 0) is 18.0 Å². The second-order valence-corrected chi connectivity index (χ2v) is 14.0. The van der Waals surface area contributed by atoms with Gasteiger partial charge in [-0.3, -0.25) is 9.59 Å². The predicted molar refractivity (Wildman–Crippen MR) is 224 cm³/mol. The summed E-state index contributed by atoms with van der Waals surface area (Å²) in [7, 11) is 0. The molecule has 0 saturated carbocycles. The van der Waals surface area contributed by atoms with E-state index in [-0.39, 0.29) is 12.4 Å². The molecule has 0 atom stereocenters. The Morgan fingerprint density at radius 3 is 1.59 bits per heavy atom. The number of phenolic OH excluding ortho intramolecular Hbond substituents is 1. The van der Waals surface area contributed by atoms with Crippen molar-refractivity contribution in [2.45, 2.75) is 39.9 Å². The maximum absolute atomic E-state index is 10.8. The number of halogens is 2. The highest BCUT2D eigenvalue weighted by molar-refractivity contribution is 9.10. The van der Waals surface area contributed by atoms with Crippen LogP contribution in [0.2, 0.25) is 0 Å². The van der Waals surface area contributed by atoms with Crippen LogP contribution in [0.3, 0.4) is 0 Å². The molecular weight excluding hydrogens is 808 g/mol. The number of hydrogen-bond acceptors (Lipinski definition) is 6. The Balaban J connectivity index is 0.000000183. The third-order valence-corrected chi connectivity index (χ3v) is 9.90. The summed E-state index contributed by atoms with van der Waals surface area (Å²) < 4.78 is 12.2. The van der Waals surface area contributed by atoms with Crippen molar-refractivity contribution in [2.24, 2.45) is 0 Å². The van der Waals surface area contributed by atoms with E-state index < -0.39 is 0 Å². The monoisotopic (exact) mass is 850 g/mol. The standard InChI is InChI=1S/C21H17BrO2.C14H14O.C7H5BrO2.C4H8O/c1-15-18(8-5-9-19(15)17-6-3-2-4-7-17)14-24-21-11-10-16(13-23)12-20(21)22;1-11-13(10-15)8-5-9-14(11)12-6-3-2-4-7-12;8-6-3-5(4-9)1-2-7(6)10;1-2-4-5-3-1/h2-13H,14H2,1H3;2-9,15H,10H2,1H3;1-4,10H;1-4H2. The van der Waals surface area contributed by atoms with Crippen LogP contribution in [0.4, 0.5) is 0 Å². The topological polar surface area (TPSA) is 93.1 Å². The number of hydrogen-bond donors (Lipinski definition) is 2. The highest BCUT2D eigenvalue weighted by Gasteiger charge is 2.09. The van der Waals surface area contributed by atoms with Gasteiger partial charge >= 0.3 is 0 Å². The third kappa shape index (κ3) is 12.6. The van der Waals surface area contributed by atoms with E-state index in [4.69, 9.17) is 14.6 Å². The van der Waals surface area contributed by atoms with Crippen LogP contribution in [0.1, 0.15) is 55.8 Å². The van der Waals surface area contributed by atoms with Gasteiger partial charge < -0.3 is 19.7 Å². The van der Waals surface area contributed by atoms with Crippen LogP contribution in [0.5, 0.6) is 11.5 Å². The van der Waals surface area contributed by atoms with Gasteiger partial charge in [0.2, 0.25) is 0 Å². The number of aldehydes is 2. The van der Waals surface area contributed by atoms with Gasteiger partial charge in [0.25, 0.3) is 0 Å². The predicted octanol–water partition coefficient (Wildman–Crippen LogP) is 11.7. The Hall–Kier alpha value is -4.86. The van der Waals surface area contributed by atoms with Gasteiger partial charge in [-0.15, -0.1) is 0 Å². The lowest BCUT2D eigenvalue weighted by atomic mass is 9.97. The van der Waals surface area contributed by atoms with Crippen molar-refractivity contribution < 1.29 is 29.3 Å². The molecule has 0 unspecified atom stereocenters. The molecule has 6 aromatic carbocycles. The summed E-state index contributed by atoms with van der Waals surface area (Å²) in [6.45, 7) is 6.75. The summed E-state index contributed by atoms with van der Waals surface area (Å²) in [4.78, 5) is 21.0. The molecule has 2 N–H and O–H groups in total. The molecule has 0 aromatic heterocycles. The quantitative estimate of drug-likeness (QED) is 0.148. The Morgan fingerprint density at radius 1 is 0.630 bits per heavy atom. The van der Waals surface area contributed by atoms with E-state index in [0.717, 1.165) is 52.7 Å². The fourth-order valence-electron chi connectivity index (χ4n) is 5.53. The summed E-state index contributed by atoms with van der Waals surface area (Å²) >= 11 is 6.53. The first kappa shape index (κ1) is 41.9. The molecule has 6 aromatic rings. The first-order chi connectivity index (χ1) is 26.2. The molecule has 1 heterocycles. The summed E-state index contributed by atoms with van der Waals surface area (Å²) in [5.74, 6) is 0.871. The fraction of sp³-hybridized carbons (Fsp3) is 0.174. The van der Waals surface area contributed by atoms with Crippen LogP contribution >= 0.6 is 31.9 Å². The number of aliphatic hydroxyl groups is 1. The molecule has 0 bridgehead atoms. The van der Waals surface area contributed by atoms with Crippen LogP contribution < -0.4 is 4.74 Å². The van der Waals surface area contributed by atoms with Gasteiger partial charge in [0.05, 0.1) is 15.6 Å². The lowest BCUT2D eigenvalue weighted by Crippen LogP contribution is -2.00. The van der Waals surface area contributed by atoms with Crippen molar-refractivity contribution in [1.29, 1.82) is 0 Å². The first-order valence-electron chi connectivity index (χ1n) is 17.5. The minimum Gasteiger partial charge on any atom is -0.507 e. The lowest BCUT2D eigenvalue weighted by molar-refractivity contribution is 0.111. The highest BCUT2D eigenvalue weighted by atomic mass is 79.9. The lowest BCUT2D eigenvalue weighted by Gasteiger charge is -2.13. The molecular formula is C46H44Br2O6. The van der Waals surface area contributed by atoms with Gasteiger partial charge in [0.15, 0.2) is 0 Å². The number of phenols is 1. The first-order valence-corrected chi connectivity index (χ1v) is 19.1. The van der Waals surface area contributed by atoms with Gasteiger partial charge in [-0.1, -0.05) is 97.1 Å². The van der Waals surface area contributed by atoms with E-state index >= 15 is 0 Å². The molecule has 1 aliphatic rings. The molecule has 1 saturated heterocycles. The van der Waals surface area contributed by atoms with Gasteiger partial charge in [0, 0.05) is 24.3 Å². The number of aliphatic hydroxyl groups excluding tert-OH is 1. The SMILES string of the molecule is C1CCOC1.Cc1c(CO)cccc1-c1ccccc1.Cc1c(COc2ccc(C=O)cc2Br)cccc1-c1ccccc1.O=Cc1ccc(O)c(Br)c1. The van der Waals surface area contributed by atoms with Gasteiger partial charge in [-0.25, -0.2) is 0 Å². The molecule has 0 spiro atoms. The van der Waals surface area contributed by atoms with E-state index in [2.05, 4.69) is 87.3 Å². The summed E-state index contributed by atoms with van der Waals surface area (Å²) in [5, 5.41) is 18.2. The maximum atomic E-state index is 10.8. The van der Waals surface area contributed by atoms with Crippen LogP contribution in [-0.4, -0.2) is 36.0 Å². The van der Waals surface area contributed by atoms with Crippen molar-refractivity contribution in [3.05, 3.63) is 176 Å². The fourth-order valence-corrected chi connectivity index (χ4v) is 6.43. The molecule has 0 radical (unpaired) electrons. The number of ether oxygens (including phenoxy) is 2. The molecule has 0 amide bonds. The van der Waals surface area contributed by atoms with E-state index in [1.807, 2.05) is 61.5 Å². The zero-order valence-corrected chi connectivity index (χ0v) is 33.6. The Labute approximate surface area is 334 Å². The van der Waals surface area contributed by atoms with Crippen molar-refractivity contribution >= 4 is 44.4 Å². The summed E-state index contributed by atoms with van der Waals surface area (Å²) in [5.41, 5.74) is 10.5. The molecule has 6 nitrogen and oxygen atoms in total. The molecule has 278 valence electrons. The maximum Gasteiger partial charge on any atom is 0.150 e. The van der Waals surface area contributed by atoms with E-state index in [1.54, 1.807) is 24.3 Å². The van der Waals surface area contributed by atoms with Crippen LogP contribution in [0.15, 0.2) is 142 Å². The summed E-state index contributed by atoms with van der Waals surface area (Å²) in [6.07, 6.45) is 4.10. The molecule has 0 aliphatic carbocycles. The smallest absolute Gasteiger partial charge is 0.150 e. The Bertz CT molecular complexity index is 2070. The van der Waals surface area contributed by atoms with E-state index in [1.165, 1.54) is 46.7 Å². The zero-order chi connectivity index (χ0) is 38.7. The Kier molecular flexibility index (Phi) is 17.4. The largest absolute Gasteiger partial charge is 0.507 e. The van der Waals surface area contributed by atoms with Gasteiger partial charge in [-0.2, -0.15) is 0 Å². The minimum absolute atomic E-state index is 0.104. The van der Waals surface area contributed by atoms with Gasteiger partial charge in [-0.05, 0) is 139 Å². The minimum atomic E-state index is 0.104. The van der Waals surface area contributed by atoms with Crippen molar-refractivity contribution in [3.8, 4) is 33.8 Å². The molecule has 1 fully saturated rings. The Morgan fingerprint density at radius 2 is 1.13 bits per heavy atom. The highest BCUT2D eigenvalue weighted by Crippen LogP contribution is 2.30. The van der Waals surface area contributed by atoms with Crippen LogP contribution in [0.25, 0.3) is 22.3 Å². The van der Waals surface area contributed by atoms with Crippen LogP contribution in [0, 0.1) is 13.8 Å². The average Bonchev–Trinajstić information content (AvgIpc) is 3.81. The van der Waals surface area contributed by atoms with Crippen molar-refractivity contribution in [2.75, 3.05) is 13.2 Å². The molecule has 54 heavy (non-hydrogen) atoms. The molecule has 1 aliphatic heterocycles. The average molecular weight is 853 g/mol. The van der Waals surface area contributed by atoms with Crippen molar-refractivity contribution in [3.63, 3.8) is 0 Å². The normalized spacial score (nSPS) is 11.4. The van der Waals surface area contributed by atoms with Crippen molar-refractivity contribution in [1.82, 2.24) is 0 Å². The number of rotatable bonds is 8. The molecule has 7 rings (SSSR count).